The van der Waals surface area contributed by atoms with Crippen molar-refractivity contribution in [1.29, 1.82) is 0 Å². The fraction of sp³-hybridized carbons (Fsp3) is 0.0952. The fourth-order valence-corrected chi connectivity index (χ4v) is 3.26. The number of hydrogen-bond donors (Lipinski definition) is 1. The molecule has 0 aliphatic heterocycles. The minimum atomic E-state index is -0.597. The van der Waals surface area contributed by atoms with E-state index < -0.39 is 11.5 Å². The highest BCUT2D eigenvalue weighted by atomic mass is 32.1. The average molecular weight is 378 g/mol. The number of anilines is 1. The maximum Gasteiger partial charge on any atom is 0.268 e. The van der Waals surface area contributed by atoms with Gasteiger partial charge in [-0.3, -0.25) is 9.59 Å². The van der Waals surface area contributed by atoms with Crippen LogP contribution in [0.25, 0.3) is 10.9 Å². The lowest BCUT2D eigenvalue weighted by Crippen LogP contribution is -2.36. The van der Waals surface area contributed by atoms with Crippen LogP contribution < -0.4 is 10.5 Å². The van der Waals surface area contributed by atoms with Crippen molar-refractivity contribution in [3.63, 3.8) is 0 Å². The topological polar surface area (TPSA) is 62.5 Å². The second-order valence-corrected chi connectivity index (χ2v) is 6.22. The molecule has 1 amide bonds. The molecule has 3 rings (SSSR count). The van der Waals surface area contributed by atoms with Crippen LogP contribution in [-0.2, 0) is 7.05 Å². The van der Waals surface area contributed by atoms with Crippen molar-refractivity contribution in [1.82, 2.24) is 4.57 Å². The molecule has 1 aromatic heterocycles. The SMILES string of the molecule is C=CCN(C(=O)c1c(O)c2c(C=S)cccc2n(C)c1=O)c1ccccc1. The normalized spacial score (nSPS) is 10.6. The lowest BCUT2D eigenvalue weighted by Gasteiger charge is -2.22. The summed E-state index contributed by atoms with van der Waals surface area (Å²) >= 11 is 5.03. The summed E-state index contributed by atoms with van der Waals surface area (Å²) in [7, 11) is 1.56. The van der Waals surface area contributed by atoms with Crippen molar-refractivity contribution in [3.8, 4) is 5.75 Å². The number of carbonyl (C=O) groups is 1. The number of rotatable bonds is 5. The van der Waals surface area contributed by atoms with E-state index in [9.17, 15) is 14.7 Å². The molecule has 0 aliphatic rings. The Morgan fingerprint density at radius 1 is 1.22 bits per heavy atom. The number of thiocarbonyl (C=S) groups is 1. The fourth-order valence-electron chi connectivity index (χ4n) is 3.07. The molecule has 0 bridgehead atoms. The van der Waals surface area contributed by atoms with E-state index >= 15 is 0 Å². The number of aryl methyl sites for hydroxylation is 1. The molecule has 5 nitrogen and oxygen atoms in total. The number of amides is 1. The molecule has 0 saturated carbocycles. The Morgan fingerprint density at radius 3 is 2.56 bits per heavy atom. The van der Waals surface area contributed by atoms with E-state index in [2.05, 4.69) is 6.58 Å². The predicted molar refractivity (Wildman–Crippen MR) is 112 cm³/mol. The maximum atomic E-state index is 13.2. The first-order valence-corrected chi connectivity index (χ1v) is 8.76. The Balaban J connectivity index is 2.30. The van der Waals surface area contributed by atoms with Crippen molar-refractivity contribution < 1.29 is 9.90 Å². The van der Waals surface area contributed by atoms with E-state index in [4.69, 9.17) is 12.2 Å². The number of pyridine rings is 1. The van der Waals surface area contributed by atoms with Crippen molar-refractivity contribution in [2.24, 2.45) is 7.05 Å². The summed E-state index contributed by atoms with van der Waals surface area (Å²) in [4.78, 5) is 27.5. The monoisotopic (exact) mass is 378 g/mol. The van der Waals surface area contributed by atoms with Crippen LogP contribution in [0.3, 0.4) is 0 Å². The van der Waals surface area contributed by atoms with Gasteiger partial charge in [0.05, 0.1) is 5.52 Å². The van der Waals surface area contributed by atoms with Crippen LogP contribution in [-0.4, -0.2) is 27.5 Å². The van der Waals surface area contributed by atoms with Crippen LogP contribution in [0.2, 0.25) is 0 Å². The smallest absolute Gasteiger partial charge is 0.268 e. The molecule has 6 heteroatoms. The van der Waals surface area contributed by atoms with E-state index in [1.165, 1.54) is 14.8 Å². The summed E-state index contributed by atoms with van der Waals surface area (Å²) in [5, 5.41) is 12.6. The lowest BCUT2D eigenvalue weighted by molar-refractivity contribution is 0.0985. The molecule has 0 saturated heterocycles. The number of nitrogens with zero attached hydrogens (tertiary/aromatic N) is 2. The summed E-state index contributed by atoms with van der Waals surface area (Å²) in [6.45, 7) is 3.88. The zero-order valence-electron chi connectivity index (χ0n) is 14.8. The molecular formula is C21H18N2O3S. The van der Waals surface area contributed by atoms with Crippen LogP contribution in [0.1, 0.15) is 15.9 Å². The standard InChI is InChI=1S/C21H18N2O3S/c1-3-12-23(15-9-5-4-6-10-15)21(26)18-19(24)17-14(13-27)8-7-11-16(17)22(2)20(18)25/h3-11,13,24H,1,12H2,2H3. The minimum Gasteiger partial charge on any atom is -0.506 e. The Hall–Kier alpha value is -3.25. The van der Waals surface area contributed by atoms with Gasteiger partial charge in [0.2, 0.25) is 0 Å². The molecule has 0 spiro atoms. The number of para-hydroxylation sites is 1. The van der Waals surface area contributed by atoms with Gasteiger partial charge < -0.3 is 14.6 Å². The number of hydrogen-bond acceptors (Lipinski definition) is 4. The van der Waals surface area contributed by atoms with Crippen LogP contribution in [0.15, 0.2) is 66.0 Å². The third kappa shape index (κ3) is 3.15. The van der Waals surface area contributed by atoms with Gasteiger partial charge >= 0.3 is 0 Å². The highest BCUT2D eigenvalue weighted by molar-refractivity contribution is 7.79. The largest absolute Gasteiger partial charge is 0.506 e. The lowest BCUT2D eigenvalue weighted by atomic mass is 10.0. The van der Waals surface area contributed by atoms with Crippen molar-refractivity contribution >= 4 is 40.1 Å². The number of carbonyl (C=O) groups excluding carboxylic acids is 1. The van der Waals surface area contributed by atoms with Gasteiger partial charge in [-0.15, -0.1) is 6.58 Å². The molecule has 2 aromatic carbocycles. The van der Waals surface area contributed by atoms with Crippen molar-refractivity contribution in [2.75, 3.05) is 11.4 Å². The first-order chi connectivity index (χ1) is 13.0. The molecule has 1 N–H and O–H groups in total. The van der Waals surface area contributed by atoms with Crippen molar-refractivity contribution in [2.45, 2.75) is 0 Å². The van der Waals surface area contributed by atoms with Crippen LogP contribution in [0.5, 0.6) is 5.75 Å². The van der Waals surface area contributed by atoms with Gasteiger partial charge in [0, 0.05) is 30.0 Å². The zero-order valence-corrected chi connectivity index (χ0v) is 15.6. The second kappa shape index (κ2) is 7.55. The van der Waals surface area contributed by atoms with E-state index in [-0.39, 0.29) is 17.9 Å². The summed E-state index contributed by atoms with van der Waals surface area (Å²) < 4.78 is 1.35. The summed E-state index contributed by atoms with van der Waals surface area (Å²) in [6, 6.07) is 14.1. The van der Waals surface area contributed by atoms with Gasteiger partial charge in [0.25, 0.3) is 11.5 Å². The molecule has 0 fully saturated rings. The Kier molecular flexibility index (Phi) is 5.19. The second-order valence-electron chi connectivity index (χ2n) is 5.99. The summed E-state index contributed by atoms with van der Waals surface area (Å²) in [6.07, 6.45) is 1.57. The molecule has 0 aliphatic carbocycles. The Bertz CT molecular complexity index is 1100. The molecule has 0 atom stereocenters. The molecule has 3 aromatic rings. The number of aromatic hydroxyl groups is 1. The van der Waals surface area contributed by atoms with Crippen LogP contribution >= 0.6 is 12.2 Å². The third-order valence-electron chi connectivity index (χ3n) is 4.39. The van der Waals surface area contributed by atoms with Crippen LogP contribution in [0, 0.1) is 0 Å². The maximum absolute atomic E-state index is 13.2. The summed E-state index contributed by atoms with van der Waals surface area (Å²) in [5.74, 6) is -0.958. The Morgan fingerprint density at radius 2 is 1.93 bits per heavy atom. The zero-order chi connectivity index (χ0) is 19.6. The van der Waals surface area contributed by atoms with Gasteiger partial charge in [-0.1, -0.05) is 48.6 Å². The first kappa shape index (κ1) is 18.5. The molecule has 0 unspecified atom stereocenters. The van der Waals surface area contributed by atoms with E-state index in [1.807, 2.05) is 6.07 Å². The quantitative estimate of drug-likeness (QED) is 0.546. The van der Waals surface area contributed by atoms with Crippen molar-refractivity contribution in [3.05, 3.63) is 82.7 Å². The van der Waals surface area contributed by atoms with E-state index in [1.54, 1.807) is 55.6 Å². The van der Waals surface area contributed by atoms with Gasteiger partial charge in [-0.05, 0) is 23.8 Å². The molecule has 136 valence electrons. The molecular weight excluding hydrogens is 360 g/mol. The molecule has 27 heavy (non-hydrogen) atoms. The number of aromatic nitrogens is 1. The van der Waals surface area contributed by atoms with E-state index in [0.717, 1.165) is 0 Å². The average Bonchev–Trinajstić information content (AvgIpc) is 2.70. The van der Waals surface area contributed by atoms with Gasteiger partial charge in [0.15, 0.2) is 0 Å². The third-order valence-corrected chi connectivity index (χ3v) is 4.65. The molecule has 1 heterocycles. The molecule has 0 radical (unpaired) electrons. The van der Waals surface area contributed by atoms with Gasteiger partial charge in [0.1, 0.15) is 11.3 Å². The first-order valence-electron chi connectivity index (χ1n) is 8.29. The van der Waals surface area contributed by atoms with Gasteiger partial charge in [-0.2, -0.15) is 0 Å². The predicted octanol–water partition coefficient (Wildman–Crippen LogP) is 3.42. The number of fused-ring (bicyclic) bond motifs is 1. The van der Waals surface area contributed by atoms with E-state index in [0.29, 0.717) is 22.2 Å². The van der Waals surface area contributed by atoms with Gasteiger partial charge in [-0.25, -0.2) is 0 Å². The van der Waals surface area contributed by atoms with Crippen LogP contribution in [0.4, 0.5) is 5.69 Å². The summed E-state index contributed by atoms with van der Waals surface area (Å²) in [5.41, 5.74) is 0.811. The number of benzene rings is 2. The Labute approximate surface area is 161 Å². The highest BCUT2D eigenvalue weighted by Gasteiger charge is 2.26. The minimum absolute atomic E-state index is 0.193. The highest BCUT2D eigenvalue weighted by Crippen LogP contribution is 2.30.